The molecule has 0 radical (unpaired) electrons. The van der Waals surface area contributed by atoms with Gasteiger partial charge in [-0.25, -0.2) is 0 Å². The molecule has 168 valence electrons. The molecule has 3 aromatic rings. The average molecular weight is 438 g/mol. The number of pyridine rings is 1. The van der Waals surface area contributed by atoms with Gasteiger partial charge in [0.05, 0.1) is 34.0 Å². The fraction of sp³-hybridized carbons (Fsp3) is 0.250. The molecule has 0 spiro atoms. The van der Waals surface area contributed by atoms with Crippen molar-refractivity contribution in [3.63, 3.8) is 0 Å². The summed E-state index contributed by atoms with van der Waals surface area (Å²) >= 11 is 0. The van der Waals surface area contributed by atoms with Crippen molar-refractivity contribution >= 4 is 5.91 Å². The molecule has 0 aliphatic heterocycles. The summed E-state index contributed by atoms with van der Waals surface area (Å²) in [6.45, 7) is 0.686. The highest BCUT2D eigenvalue weighted by Crippen LogP contribution is 2.34. The fourth-order valence-electron chi connectivity index (χ4n) is 3.07. The quantitative estimate of drug-likeness (QED) is 0.517. The van der Waals surface area contributed by atoms with Crippen molar-refractivity contribution in [2.24, 2.45) is 0 Å². The lowest BCUT2D eigenvalue weighted by Crippen LogP contribution is -2.23. The molecule has 1 N–H and O–H groups in total. The van der Waals surface area contributed by atoms with Gasteiger partial charge < -0.3 is 29.0 Å². The number of carbonyl (C=O) groups is 1. The van der Waals surface area contributed by atoms with Crippen molar-refractivity contribution in [1.82, 2.24) is 10.3 Å². The molecule has 8 heteroatoms. The van der Waals surface area contributed by atoms with Crippen LogP contribution < -0.4 is 29.0 Å². The Kier molecular flexibility index (Phi) is 7.75. The maximum absolute atomic E-state index is 12.8. The van der Waals surface area contributed by atoms with Crippen LogP contribution in [0.25, 0.3) is 0 Å². The van der Waals surface area contributed by atoms with Gasteiger partial charge in [-0.15, -0.1) is 0 Å². The summed E-state index contributed by atoms with van der Waals surface area (Å²) in [7, 11) is 6.10. The third kappa shape index (κ3) is 5.40. The van der Waals surface area contributed by atoms with E-state index in [2.05, 4.69) is 10.3 Å². The maximum atomic E-state index is 12.8. The summed E-state index contributed by atoms with van der Waals surface area (Å²) in [5.41, 5.74) is 2.20. The minimum Gasteiger partial charge on any atom is -0.496 e. The van der Waals surface area contributed by atoms with Crippen LogP contribution in [0.5, 0.6) is 28.7 Å². The van der Waals surface area contributed by atoms with E-state index in [4.69, 9.17) is 23.7 Å². The zero-order chi connectivity index (χ0) is 22.9. The number of nitrogens with one attached hydrogen (secondary N) is 1. The second-order valence-corrected chi connectivity index (χ2v) is 6.72. The molecule has 3 rings (SSSR count). The number of methoxy groups -OCH3 is 4. The number of aromatic nitrogens is 1. The van der Waals surface area contributed by atoms with Gasteiger partial charge >= 0.3 is 0 Å². The minimum atomic E-state index is -0.306. The first kappa shape index (κ1) is 22.7. The van der Waals surface area contributed by atoms with Crippen molar-refractivity contribution in [2.75, 3.05) is 28.4 Å². The van der Waals surface area contributed by atoms with Crippen LogP contribution in [0.15, 0.2) is 54.9 Å². The van der Waals surface area contributed by atoms with Crippen LogP contribution in [0.4, 0.5) is 0 Å². The molecule has 1 aromatic heterocycles. The van der Waals surface area contributed by atoms with Crippen molar-refractivity contribution in [2.45, 2.75) is 13.2 Å². The topological polar surface area (TPSA) is 88.1 Å². The zero-order valence-electron chi connectivity index (χ0n) is 18.5. The molecule has 1 heterocycles. The standard InChI is InChI=1S/C24H26N2O6/c1-28-20-13-23(31-4)22(30-3)12-18(20)24(27)26-14-17-5-6-19(21(11-17)29-2)32-15-16-7-9-25-10-8-16/h5-13H,14-15H2,1-4H3,(H,26,27). The van der Waals surface area contributed by atoms with E-state index in [9.17, 15) is 4.79 Å². The highest BCUT2D eigenvalue weighted by Gasteiger charge is 2.18. The van der Waals surface area contributed by atoms with E-state index < -0.39 is 0 Å². The number of hydrogen-bond acceptors (Lipinski definition) is 7. The first-order valence-electron chi connectivity index (χ1n) is 9.86. The third-order valence-electron chi connectivity index (χ3n) is 4.78. The second-order valence-electron chi connectivity index (χ2n) is 6.72. The summed E-state index contributed by atoms with van der Waals surface area (Å²) in [5.74, 6) is 2.19. The Morgan fingerprint density at radius 3 is 2.03 bits per heavy atom. The van der Waals surface area contributed by atoms with E-state index in [1.165, 1.54) is 21.3 Å². The highest BCUT2D eigenvalue weighted by molar-refractivity contribution is 5.97. The van der Waals surface area contributed by atoms with Crippen LogP contribution in [0.1, 0.15) is 21.5 Å². The van der Waals surface area contributed by atoms with Gasteiger partial charge in [0, 0.05) is 31.1 Å². The number of ether oxygens (including phenoxy) is 5. The summed E-state index contributed by atoms with van der Waals surface area (Å²) < 4.78 is 27.2. The molecule has 1 amide bonds. The Bertz CT molecular complexity index is 1060. The second kappa shape index (κ2) is 10.9. The van der Waals surface area contributed by atoms with Crippen molar-refractivity contribution in [3.05, 3.63) is 71.5 Å². The number of nitrogens with zero attached hydrogens (tertiary/aromatic N) is 1. The number of carbonyl (C=O) groups excluding carboxylic acids is 1. The lowest BCUT2D eigenvalue weighted by molar-refractivity contribution is 0.0947. The van der Waals surface area contributed by atoms with Crippen LogP contribution >= 0.6 is 0 Å². The first-order chi connectivity index (χ1) is 15.6. The predicted octanol–water partition coefficient (Wildman–Crippen LogP) is 3.63. The summed E-state index contributed by atoms with van der Waals surface area (Å²) in [6, 6.07) is 12.5. The summed E-state index contributed by atoms with van der Waals surface area (Å²) in [5, 5.41) is 2.89. The molecule has 0 bridgehead atoms. The van der Waals surface area contributed by atoms with Gasteiger partial charge in [-0.1, -0.05) is 6.07 Å². The van der Waals surface area contributed by atoms with Gasteiger partial charge in [-0.3, -0.25) is 9.78 Å². The predicted molar refractivity (Wildman–Crippen MR) is 119 cm³/mol. The van der Waals surface area contributed by atoms with Crippen LogP contribution in [0, 0.1) is 0 Å². The Labute approximate surface area is 187 Å². The smallest absolute Gasteiger partial charge is 0.255 e. The molecular formula is C24H26N2O6. The van der Waals surface area contributed by atoms with E-state index in [-0.39, 0.29) is 12.5 Å². The number of benzene rings is 2. The lowest BCUT2D eigenvalue weighted by Gasteiger charge is -2.15. The first-order valence-corrected chi connectivity index (χ1v) is 9.86. The number of rotatable bonds is 10. The largest absolute Gasteiger partial charge is 0.496 e. The van der Waals surface area contributed by atoms with Crippen LogP contribution in [-0.2, 0) is 13.2 Å². The molecule has 0 saturated heterocycles. The molecule has 0 saturated carbocycles. The van der Waals surface area contributed by atoms with E-state index in [0.717, 1.165) is 11.1 Å². The Balaban J connectivity index is 1.69. The molecule has 0 aliphatic carbocycles. The van der Waals surface area contributed by atoms with Gasteiger partial charge in [0.25, 0.3) is 5.91 Å². The molecule has 8 nitrogen and oxygen atoms in total. The normalized spacial score (nSPS) is 10.2. The van der Waals surface area contributed by atoms with E-state index in [1.54, 1.807) is 31.6 Å². The van der Waals surface area contributed by atoms with Crippen LogP contribution in [0.3, 0.4) is 0 Å². The van der Waals surface area contributed by atoms with Crippen molar-refractivity contribution < 1.29 is 28.5 Å². The maximum Gasteiger partial charge on any atom is 0.255 e. The Hall–Kier alpha value is -3.94. The molecule has 0 fully saturated rings. The SMILES string of the molecule is COc1cc(OC)c(C(=O)NCc2ccc(OCc3ccncc3)c(OC)c2)cc1OC. The zero-order valence-corrected chi connectivity index (χ0v) is 18.5. The number of amides is 1. The summed E-state index contributed by atoms with van der Waals surface area (Å²) in [4.78, 5) is 16.8. The molecule has 0 atom stereocenters. The Morgan fingerprint density at radius 2 is 1.38 bits per heavy atom. The summed E-state index contributed by atoms with van der Waals surface area (Å²) in [6.07, 6.45) is 3.43. The number of hydrogen-bond donors (Lipinski definition) is 1. The van der Waals surface area contributed by atoms with E-state index in [0.29, 0.717) is 40.9 Å². The van der Waals surface area contributed by atoms with Gasteiger partial charge in [0.2, 0.25) is 0 Å². The van der Waals surface area contributed by atoms with Crippen LogP contribution in [0.2, 0.25) is 0 Å². The van der Waals surface area contributed by atoms with E-state index in [1.807, 2.05) is 30.3 Å². The van der Waals surface area contributed by atoms with Gasteiger partial charge in [0.15, 0.2) is 23.0 Å². The van der Waals surface area contributed by atoms with Gasteiger partial charge in [0.1, 0.15) is 12.4 Å². The fourth-order valence-corrected chi connectivity index (χ4v) is 3.07. The van der Waals surface area contributed by atoms with Crippen molar-refractivity contribution in [3.8, 4) is 28.7 Å². The lowest BCUT2D eigenvalue weighted by atomic mass is 10.1. The third-order valence-corrected chi connectivity index (χ3v) is 4.78. The molecule has 32 heavy (non-hydrogen) atoms. The van der Waals surface area contributed by atoms with Gasteiger partial charge in [-0.05, 0) is 35.4 Å². The highest BCUT2D eigenvalue weighted by atomic mass is 16.5. The van der Waals surface area contributed by atoms with Crippen molar-refractivity contribution in [1.29, 1.82) is 0 Å². The average Bonchev–Trinajstić information content (AvgIpc) is 2.85. The monoisotopic (exact) mass is 438 g/mol. The molecule has 0 aliphatic rings. The van der Waals surface area contributed by atoms with Crippen LogP contribution in [-0.4, -0.2) is 39.3 Å². The Morgan fingerprint density at radius 1 is 0.750 bits per heavy atom. The minimum absolute atomic E-state index is 0.289. The van der Waals surface area contributed by atoms with Gasteiger partial charge in [-0.2, -0.15) is 0 Å². The molecular weight excluding hydrogens is 412 g/mol. The molecule has 0 unspecified atom stereocenters. The van der Waals surface area contributed by atoms with E-state index >= 15 is 0 Å². The molecule has 2 aromatic carbocycles.